The van der Waals surface area contributed by atoms with Crippen molar-refractivity contribution in [3.05, 3.63) is 53.3 Å². The van der Waals surface area contributed by atoms with Crippen LogP contribution in [0.1, 0.15) is 32.9 Å². The fraction of sp³-hybridized carbons (Fsp3) is 0.375. The van der Waals surface area contributed by atoms with Gasteiger partial charge in [-0.05, 0) is 38.8 Å². The van der Waals surface area contributed by atoms with Crippen LogP contribution in [0, 0.1) is 0 Å². The quantitative estimate of drug-likeness (QED) is 0.918. The Hall–Kier alpha value is -2.10. The van der Waals surface area contributed by atoms with Gasteiger partial charge in [0.15, 0.2) is 0 Å². The first kappa shape index (κ1) is 14.3. The van der Waals surface area contributed by atoms with Crippen molar-refractivity contribution >= 4 is 5.91 Å². The Morgan fingerprint density at radius 2 is 2.30 bits per heavy atom. The molecule has 0 spiro atoms. The molecule has 1 aliphatic rings. The molecule has 2 heterocycles. The zero-order valence-electron chi connectivity index (χ0n) is 12.3. The van der Waals surface area contributed by atoms with E-state index in [2.05, 4.69) is 36.0 Å². The average molecular weight is 271 g/mol. The van der Waals surface area contributed by atoms with Crippen LogP contribution in [0.2, 0.25) is 0 Å². The standard InChI is InChI=1S/C16H21N3O/c1-4-13-7-8-19(15(13)6-5-12(2)3)16(20)9-14-10-17-11-18-14/h4-6,10-11H,7-9H2,1-3H3,(H,17,18)/b13-4-,15-6+. The van der Waals surface area contributed by atoms with Crippen molar-refractivity contribution in [2.24, 2.45) is 0 Å². The second kappa shape index (κ2) is 6.37. The van der Waals surface area contributed by atoms with Crippen LogP contribution >= 0.6 is 0 Å². The number of nitrogens with one attached hydrogen (secondary N) is 1. The molecule has 1 aliphatic heterocycles. The lowest BCUT2D eigenvalue weighted by Crippen LogP contribution is -2.28. The van der Waals surface area contributed by atoms with Crippen LogP contribution in [-0.4, -0.2) is 27.3 Å². The molecule has 4 nitrogen and oxygen atoms in total. The third kappa shape index (κ3) is 3.26. The van der Waals surface area contributed by atoms with Gasteiger partial charge in [0.05, 0.1) is 12.7 Å². The van der Waals surface area contributed by atoms with Crippen LogP contribution in [0.25, 0.3) is 0 Å². The molecule has 2 rings (SSSR count). The number of hydrogen-bond donors (Lipinski definition) is 1. The van der Waals surface area contributed by atoms with Crippen LogP contribution in [0.15, 0.2) is 47.6 Å². The lowest BCUT2D eigenvalue weighted by molar-refractivity contribution is -0.127. The van der Waals surface area contributed by atoms with Gasteiger partial charge in [0.25, 0.3) is 0 Å². The molecule has 0 saturated carbocycles. The number of likely N-dealkylation sites (tertiary alicyclic amines) is 1. The molecular formula is C16H21N3O. The lowest BCUT2D eigenvalue weighted by Gasteiger charge is -2.17. The summed E-state index contributed by atoms with van der Waals surface area (Å²) in [5.41, 5.74) is 4.34. The number of nitrogens with zero attached hydrogens (tertiary/aromatic N) is 2. The van der Waals surface area contributed by atoms with E-state index in [0.717, 1.165) is 24.4 Å². The predicted molar refractivity (Wildman–Crippen MR) is 79.9 cm³/mol. The molecule has 1 N–H and O–H groups in total. The Morgan fingerprint density at radius 3 is 2.90 bits per heavy atom. The number of aromatic nitrogens is 2. The summed E-state index contributed by atoms with van der Waals surface area (Å²) in [6, 6.07) is 0. The third-order valence-electron chi connectivity index (χ3n) is 3.35. The Bertz CT molecular complexity index is 561. The minimum Gasteiger partial charge on any atom is -0.348 e. The van der Waals surface area contributed by atoms with Crippen molar-refractivity contribution in [3.63, 3.8) is 0 Å². The van der Waals surface area contributed by atoms with Crippen molar-refractivity contribution in [1.29, 1.82) is 0 Å². The van der Waals surface area contributed by atoms with E-state index < -0.39 is 0 Å². The first-order valence-corrected chi connectivity index (χ1v) is 6.90. The zero-order chi connectivity index (χ0) is 14.5. The van der Waals surface area contributed by atoms with Crippen molar-refractivity contribution in [1.82, 2.24) is 14.9 Å². The maximum Gasteiger partial charge on any atom is 0.232 e. The molecule has 0 radical (unpaired) electrons. The van der Waals surface area contributed by atoms with E-state index in [1.54, 1.807) is 12.5 Å². The summed E-state index contributed by atoms with van der Waals surface area (Å²) < 4.78 is 0. The predicted octanol–water partition coefficient (Wildman–Crippen LogP) is 2.98. The normalized spacial score (nSPS) is 18.9. The Kier molecular flexibility index (Phi) is 4.56. The molecule has 0 unspecified atom stereocenters. The monoisotopic (exact) mass is 271 g/mol. The Balaban J connectivity index is 2.19. The summed E-state index contributed by atoms with van der Waals surface area (Å²) in [4.78, 5) is 21.2. The van der Waals surface area contributed by atoms with Gasteiger partial charge in [-0.3, -0.25) is 4.79 Å². The van der Waals surface area contributed by atoms with Crippen molar-refractivity contribution in [2.75, 3.05) is 6.54 Å². The largest absolute Gasteiger partial charge is 0.348 e. The summed E-state index contributed by atoms with van der Waals surface area (Å²) >= 11 is 0. The van der Waals surface area contributed by atoms with Crippen LogP contribution in [-0.2, 0) is 11.2 Å². The maximum atomic E-state index is 12.4. The second-order valence-electron chi connectivity index (χ2n) is 5.16. The molecule has 0 bridgehead atoms. The van der Waals surface area contributed by atoms with Crippen LogP contribution in [0.3, 0.4) is 0 Å². The number of carbonyl (C=O) groups is 1. The van der Waals surface area contributed by atoms with Crippen LogP contribution in [0.5, 0.6) is 0 Å². The van der Waals surface area contributed by atoms with E-state index in [-0.39, 0.29) is 5.91 Å². The molecule has 0 aliphatic carbocycles. The van der Waals surface area contributed by atoms with Gasteiger partial charge < -0.3 is 9.88 Å². The molecule has 1 aromatic rings. The molecule has 1 fully saturated rings. The van der Waals surface area contributed by atoms with Gasteiger partial charge in [-0.15, -0.1) is 0 Å². The van der Waals surface area contributed by atoms with E-state index in [4.69, 9.17) is 0 Å². The first-order chi connectivity index (χ1) is 9.61. The molecular weight excluding hydrogens is 250 g/mol. The van der Waals surface area contributed by atoms with Crippen molar-refractivity contribution in [3.8, 4) is 0 Å². The molecule has 0 aromatic carbocycles. The van der Waals surface area contributed by atoms with Gasteiger partial charge in [-0.1, -0.05) is 17.7 Å². The van der Waals surface area contributed by atoms with Crippen molar-refractivity contribution in [2.45, 2.75) is 33.6 Å². The van der Waals surface area contributed by atoms with E-state index in [0.29, 0.717) is 6.42 Å². The highest BCUT2D eigenvalue weighted by Crippen LogP contribution is 2.28. The Labute approximate surface area is 119 Å². The van der Waals surface area contributed by atoms with E-state index in [1.807, 2.05) is 17.9 Å². The number of amides is 1. The summed E-state index contributed by atoms with van der Waals surface area (Å²) in [5.74, 6) is 0.111. The molecule has 20 heavy (non-hydrogen) atoms. The molecule has 1 aromatic heterocycles. The minimum absolute atomic E-state index is 0.111. The Morgan fingerprint density at radius 1 is 1.50 bits per heavy atom. The fourth-order valence-electron chi connectivity index (χ4n) is 2.29. The molecule has 1 saturated heterocycles. The first-order valence-electron chi connectivity index (χ1n) is 6.90. The summed E-state index contributed by atoms with van der Waals surface area (Å²) in [7, 11) is 0. The smallest absolute Gasteiger partial charge is 0.232 e. The second-order valence-corrected chi connectivity index (χ2v) is 5.16. The van der Waals surface area contributed by atoms with E-state index >= 15 is 0 Å². The van der Waals surface area contributed by atoms with Gasteiger partial charge in [0.2, 0.25) is 5.91 Å². The maximum absolute atomic E-state index is 12.4. The SMILES string of the molecule is C/C=C1/CCN(C(=O)Cc2cnc[nH]2)/C1=C/C=C(C)C. The summed E-state index contributed by atoms with van der Waals surface area (Å²) in [5, 5.41) is 0. The fourth-order valence-corrected chi connectivity index (χ4v) is 2.29. The number of imidazole rings is 1. The third-order valence-corrected chi connectivity index (χ3v) is 3.35. The molecule has 4 heteroatoms. The van der Waals surface area contributed by atoms with Crippen LogP contribution in [0.4, 0.5) is 0 Å². The highest BCUT2D eigenvalue weighted by atomic mass is 16.2. The van der Waals surface area contributed by atoms with Gasteiger partial charge >= 0.3 is 0 Å². The van der Waals surface area contributed by atoms with Gasteiger partial charge in [0, 0.05) is 24.1 Å². The summed E-state index contributed by atoms with van der Waals surface area (Å²) in [6.07, 6.45) is 10.8. The zero-order valence-corrected chi connectivity index (χ0v) is 12.3. The van der Waals surface area contributed by atoms with Crippen LogP contribution < -0.4 is 0 Å². The van der Waals surface area contributed by atoms with Gasteiger partial charge in [-0.2, -0.15) is 0 Å². The molecule has 1 amide bonds. The number of H-pyrrole nitrogens is 1. The average Bonchev–Trinajstić information content (AvgIpc) is 3.04. The summed E-state index contributed by atoms with van der Waals surface area (Å²) in [6.45, 7) is 6.89. The number of allylic oxidation sites excluding steroid dienone is 5. The van der Waals surface area contributed by atoms with E-state index in [1.165, 1.54) is 11.1 Å². The lowest BCUT2D eigenvalue weighted by atomic mass is 10.1. The molecule has 0 atom stereocenters. The minimum atomic E-state index is 0.111. The molecule has 106 valence electrons. The van der Waals surface area contributed by atoms with Gasteiger partial charge in [-0.25, -0.2) is 4.98 Å². The number of carbonyl (C=O) groups excluding carboxylic acids is 1. The highest BCUT2D eigenvalue weighted by Gasteiger charge is 2.26. The van der Waals surface area contributed by atoms with Crippen molar-refractivity contribution < 1.29 is 4.79 Å². The number of rotatable bonds is 3. The van der Waals surface area contributed by atoms with Gasteiger partial charge in [0.1, 0.15) is 0 Å². The number of aromatic amines is 1. The topological polar surface area (TPSA) is 49.0 Å². The van der Waals surface area contributed by atoms with E-state index in [9.17, 15) is 4.79 Å². The highest BCUT2D eigenvalue weighted by molar-refractivity contribution is 5.81. The number of hydrogen-bond acceptors (Lipinski definition) is 2.